The molecule has 0 N–H and O–H groups in total. The van der Waals surface area contributed by atoms with Gasteiger partial charge in [0.15, 0.2) is 0 Å². The lowest BCUT2D eigenvalue weighted by atomic mass is 10.2. The molecule has 0 radical (unpaired) electrons. The van der Waals surface area contributed by atoms with E-state index in [1.807, 2.05) is 123 Å². The predicted octanol–water partition coefficient (Wildman–Crippen LogP) is 17.4. The van der Waals surface area contributed by atoms with Gasteiger partial charge in [-0.2, -0.15) is 0 Å². The molecule has 26 nitrogen and oxygen atoms in total. The Morgan fingerprint density at radius 3 is 0.643 bits per heavy atom. The number of likely N-dealkylation sites (N-methyl/N-ethyl adjacent to an activating group) is 6. The highest BCUT2D eigenvalue weighted by atomic mass is 16.6. The van der Waals surface area contributed by atoms with Crippen molar-refractivity contribution in [2.45, 2.75) is 169 Å². The zero-order valence-electron chi connectivity index (χ0n) is 84.4. The number of hydrogen-bond acceptors (Lipinski definition) is 20. The molecule has 0 aliphatic heterocycles. The minimum Gasteiger partial charge on any atom is -0.469 e. The topological polar surface area (TPSA) is 263 Å². The average Bonchev–Trinajstić information content (AvgIpc) is 0.866. The molecule has 26 heteroatoms. The maximum Gasteiger partial charge on any atom is 0.338 e. The number of carbonyl (C=O) groups excluding carboxylic acids is 10. The van der Waals surface area contributed by atoms with E-state index < -0.39 is 0 Å². The van der Waals surface area contributed by atoms with Crippen LogP contribution in [0, 0.1) is 0 Å². The molecule has 0 aliphatic carbocycles. The summed E-state index contributed by atoms with van der Waals surface area (Å²) in [7, 11) is 17.8. The second-order valence-electron chi connectivity index (χ2n) is 32.9. The number of rotatable bonds is 41. The summed E-state index contributed by atoms with van der Waals surface area (Å²) in [6.45, 7) is 56.3. The van der Waals surface area contributed by atoms with Gasteiger partial charge in [0.05, 0.1) is 183 Å². The van der Waals surface area contributed by atoms with Crippen LogP contribution in [0.1, 0.15) is 219 Å². The fourth-order valence-corrected chi connectivity index (χ4v) is 12.8. The summed E-state index contributed by atoms with van der Waals surface area (Å²) in [4.78, 5) is 109. The molecule has 0 aromatic heterocycles. The highest BCUT2D eigenvalue weighted by Crippen LogP contribution is 2.17. The Labute approximate surface area is 777 Å². The molecule has 726 valence electrons. The van der Waals surface area contributed by atoms with E-state index in [9.17, 15) is 47.9 Å². The van der Waals surface area contributed by atoms with E-state index in [2.05, 4.69) is 144 Å². The van der Waals surface area contributed by atoms with Gasteiger partial charge >= 0.3 is 59.7 Å². The van der Waals surface area contributed by atoms with Crippen molar-refractivity contribution < 1.29 is 122 Å². The van der Waals surface area contributed by atoms with Gasteiger partial charge < -0.3 is 74.3 Å². The Balaban J connectivity index is -0.000000697. The molecule has 129 heavy (non-hydrogen) atoms. The smallest absolute Gasteiger partial charge is 0.338 e. The van der Waals surface area contributed by atoms with Crippen LogP contribution in [-0.2, 0) is 66.5 Å². The van der Waals surface area contributed by atoms with Gasteiger partial charge in [-0.3, -0.25) is 19.2 Å². The molecule has 3 atom stereocenters. The number of hydrogen-bond donors (Lipinski definition) is 0. The summed E-state index contributed by atoms with van der Waals surface area (Å²) in [6, 6.07) is 54.9. The van der Waals surface area contributed by atoms with E-state index in [4.69, 9.17) is 28.4 Å². The van der Waals surface area contributed by atoms with Crippen molar-refractivity contribution >= 4 is 59.7 Å². The highest BCUT2D eigenvalue weighted by molar-refractivity contribution is 5.91. The molecule has 0 saturated carbocycles. The monoisotopic (exact) mass is 1810 g/mol. The average molecular weight is 1810 g/mol. The molecule has 0 amide bonds. The van der Waals surface area contributed by atoms with Crippen LogP contribution >= 0.6 is 0 Å². The molecular formula is C103H170N6O20+6. The molecule has 0 bridgehead atoms. The van der Waals surface area contributed by atoms with E-state index in [1.165, 1.54) is 101 Å². The summed E-state index contributed by atoms with van der Waals surface area (Å²) in [5.74, 6) is -2.35. The van der Waals surface area contributed by atoms with E-state index in [1.54, 1.807) is 72.8 Å². The fraction of sp³-hybridized carbons (Fsp3) is 0.553. The van der Waals surface area contributed by atoms with E-state index in [-0.39, 0.29) is 71.9 Å². The number of benzene rings is 6. The quantitative estimate of drug-likeness (QED) is 0.0196. The standard InChI is InChI=1S/C18H30NO2.C17H28NO2.C16H26NO2.C15H24NO2.C13H20NO2.C12H18NO2.4C3H6O2/c1-4-7-14-19(6-3,13-5-2)15-16-21-18(20)17-11-9-8-10-12-17;1-4-12-18(6-3,13-5-2)14-15-20-17(19)16-10-8-7-9-11-16;1-5-17(6-2,7-3)13-14(4)19-16(18)15-11-9-8-10-12-15;1-4-16(5-2,6-3)12-13-18-15(17)14-10-8-7-9-11-14;1-11(10-14(2,3)4)16-13(15)12-8-6-5-7-9-12;1-13(2,3)9-10-15-12(14)11-7-5-4-6-8-11;4*1-3(4)5-2/h8-12H,4-7,13-16H2,1-3H3;7-11H,4-6,12-15H2,1-3H3;8-12,14H,5-7,13H2,1-4H3;7-11H,4-6,12-13H2,1-3H3;5-9,11H,10H2,1-4H3;4-8H,9-10H2,1-3H3;4*1-2H3/q6*+1;;;;. The summed E-state index contributed by atoms with van der Waals surface area (Å²) in [5, 5.41) is 0. The number of nitrogens with zero attached hydrogens (tertiary/aromatic N) is 6. The van der Waals surface area contributed by atoms with Gasteiger partial charge in [-0.05, 0) is 168 Å². The van der Waals surface area contributed by atoms with Gasteiger partial charge in [-0.25, -0.2) is 28.8 Å². The third-order valence-corrected chi connectivity index (χ3v) is 21.1. The third-order valence-electron chi connectivity index (χ3n) is 21.1. The minimum atomic E-state index is -0.249. The summed E-state index contributed by atoms with van der Waals surface area (Å²) in [6.07, 6.45) is 5.82. The van der Waals surface area contributed by atoms with Gasteiger partial charge in [0.2, 0.25) is 0 Å². The second kappa shape index (κ2) is 74.6. The summed E-state index contributed by atoms with van der Waals surface area (Å²) >= 11 is 0. The number of quaternary nitrogens is 6. The molecule has 0 spiro atoms. The normalized spacial score (nSPS) is 11.5. The highest BCUT2D eigenvalue weighted by Gasteiger charge is 2.29. The Hall–Kier alpha value is -10.2. The molecule has 6 aromatic rings. The van der Waals surface area contributed by atoms with Crippen molar-refractivity contribution in [3.8, 4) is 0 Å². The Morgan fingerprint density at radius 2 is 0.450 bits per heavy atom. The van der Waals surface area contributed by atoms with Crippen molar-refractivity contribution in [1.29, 1.82) is 0 Å². The van der Waals surface area contributed by atoms with Crippen molar-refractivity contribution in [1.82, 2.24) is 0 Å². The molecule has 0 fully saturated rings. The van der Waals surface area contributed by atoms with Crippen LogP contribution in [0.15, 0.2) is 182 Å². The van der Waals surface area contributed by atoms with Gasteiger partial charge in [-0.15, -0.1) is 0 Å². The zero-order valence-corrected chi connectivity index (χ0v) is 84.4. The lowest BCUT2D eigenvalue weighted by Crippen LogP contribution is -2.52. The van der Waals surface area contributed by atoms with Gasteiger partial charge in [0.1, 0.15) is 77.9 Å². The van der Waals surface area contributed by atoms with E-state index in [0.29, 0.717) is 59.8 Å². The van der Waals surface area contributed by atoms with Crippen molar-refractivity contribution in [2.24, 2.45) is 0 Å². The van der Waals surface area contributed by atoms with Crippen LogP contribution in [0.25, 0.3) is 0 Å². The first-order valence-corrected chi connectivity index (χ1v) is 45.6. The van der Waals surface area contributed by atoms with Gasteiger partial charge in [-0.1, -0.05) is 143 Å². The van der Waals surface area contributed by atoms with Gasteiger partial charge in [0, 0.05) is 27.7 Å². The Morgan fingerprint density at radius 1 is 0.248 bits per heavy atom. The molecule has 0 heterocycles. The molecular weight excluding hydrogens is 1640 g/mol. The van der Waals surface area contributed by atoms with Crippen molar-refractivity contribution in [3.63, 3.8) is 0 Å². The lowest BCUT2D eigenvalue weighted by Gasteiger charge is -2.37. The SMILES string of the molecule is CC(C[N+](C)(C)C)OC(=O)c1ccccc1.CCCC[N+](CC)(CCC)CCOC(=O)c1ccccc1.CCC[N+](CC)(CCC)CCOC(=O)c1ccccc1.CC[N+](CC)(CC)CC(C)OC(=O)c1ccccc1.CC[N+](CC)(CC)CCOC(=O)c1ccccc1.COC(C)=O.COC(C)=O.COC(C)=O.COC(C)=O.C[N+](C)(C)CCOC(=O)c1ccccc1. The maximum absolute atomic E-state index is 12.0. The molecule has 6 aromatic carbocycles. The van der Waals surface area contributed by atoms with Crippen LogP contribution in [0.3, 0.4) is 0 Å². The van der Waals surface area contributed by atoms with Gasteiger partial charge in [0.25, 0.3) is 0 Å². The Bertz CT molecular complexity index is 3800. The first kappa shape index (κ1) is 125. The first-order valence-electron chi connectivity index (χ1n) is 45.6. The zero-order chi connectivity index (χ0) is 98.8. The van der Waals surface area contributed by atoms with E-state index in [0.717, 1.165) is 132 Å². The number of methoxy groups -OCH3 is 4. The molecule has 6 rings (SSSR count). The minimum absolute atomic E-state index is 0.0624. The van der Waals surface area contributed by atoms with Crippen molar-refractivity contribution in [2.75, 3.05) is 215 Å². The third kappa shape index (κ3) is 64.2. The summed E-state index contributed by atoms with van der Waals surface area (Å²) in [5.41, 5.74) is 3.73. The molecule has 0 aliphatic rings. The van der Waals surface area contributed by atoms with Crippen LogP contribution in [0.2, 0.25) is 0 Å². The fourth-order valence-electron chi connectivity index (χ4n) is 12.8. The number of ether oxygens (including phenoxy) is 10. The molecule has 0 saturated heterocycles. The molecule has 3 unspecified atom stereocenters. The van der Waals surface area contributed by atoms with Crippen LogP contribution in [0.4, 0.5) is 0 Å². The van der Waals surface area contributed by atoms with Crippen molar-refractivity contribution in [3.05, 3.63) is 215 Å². The second-order valence-corrected chi connectivity index (χ2v) is 32.9. The number of unbranched alkanes of at least 4 members (excludes halogenated alkanes) is 1. The van der Waals surface area contributed by atoms with Crippen LogP contribution in [-0.4, -0.2) is 314 Å². The van der Waals surface area contributed by atoms with E-state index >= 15 is 0 Å². The summed E-state index contributed by atoms with van der Waals surface area (Å²) < 4.78 is 54.4. The number of carbonyl (C=O) groups is 10. The van der Waals surface area contributed by atoms with Crippen LogP contribution < -0.4 is 0 Å². The predicted molar refractivity (Wildman–Crippen MR) is 516 cm³/mol. The first-order chi connectivity index (χ1) is 61.0. The Kier molecular flexibility index (Phi) is 72.3. The maximum atomic E-state index is 12.0. The largest absolute Gasteiger partial charge is 0.469 e. The lowest BCUT2D eigenvalue weighted by molar-refractivity contribution is -0.926. The number of esters is 10. The van der Waals surface area contributed by atoms with Crippen LogP contribution in [0.5, 0.6) is 0 Å².